The Morgan fingerprint density at radius 2 is 2.06 bits per heavy atom. The number of hydrogen-bond donors (Lipinski definition) is 0. The molecule has 6 heteroatoms. The van der Waals surface area contributed by atoms with E-state index in [-0.39, 0.29) is 10.7 Å². The van der Waals surface area contributed by atoms with Gasteiger partial charge in [-0.1, -0.05) is 22.0 Å². The molecule has 1 saturated heterocycles. The highest BCUT2D eigenvalue weighted by Crippen LogP contribution is 2.33. The summed E-state index contributed by atoms with van der Waals surface area (Å²) in [7, 11) is 0. The van der Waals surface area contributed by atoms with E-state index in [4.69, 9.17) is 0 Å². The highest BCUT2D eigenvalue weighted by molar-refractivity contribution is 9.10. The Morgan fingerprint density at radius 3 is 2.59 bits per heavy atom. The molecule has 0 aromatic heterocycles. The molecule has 17 heavy (non-hydrogen) atoms. The molecule has 2 nitrogen and oxygen atoms in total. The van der Waals surface area contributed by atoms with E-state index >= 15 is 0 Å². The molecule has 0 aliphatic carbocycles. The van der Waals surface area contributed by atoms with E-state index in [1.54, 1.807) is 0 Å². The predicted octanol–water partition coefficient (Wildman–Crippen LogP) is 3.21. The first-order chi connectivity index (χ1) is 7.89. The number of carbonyl (C=O) groups is 1. The number of amides is 1. The molecule has 1 aliphatic heterocycles. The van der Waals surface area contributed by atoms with Gasteiger partial charge in [-0.25, -0.2) is 0 Å². The van der Waals surface area contributed by atoms with Crippen LogP contribution in [0, 0.1) is 0 Å². The minimum Gasteiger partial charge on any atom is -0.311 e. The number of rotatable bonds is 1. The topological polar surface area (TPSA) is 20.3 Å². The smallest absolute Gasteiger partial charge is 0.311 e. The molecule has 0 saturated carbocycles. The van der Waals surface area contributed by atoms with Gasteiger partial charge in [-0.15, -0.1) is 0 Å². The highest BCUT2D eigenvalue weighted by Gasteiger charge is 2.34. The normalized spacial score (nSPS) is 21.1. The van der Waals surface area contributed by atoms with Crippen molar-refractivity contribution in [2.24, 2.45) is 0 Å². The van der Waals surface area contributed by atoms with E-state index in [1.807, 2.05) is 0 Å². The second-order valence-electron chi connectivity index (χ2n) is 3.79. The third-order valence-electron chi connectivity index (χ3n) is 2.63. The third kappa shape index (κ3) is 2.46. The number of nitrogens with zero attached hydrogens (tertiary/aromatic N) is 1. The van der Waals surface area contributed by atoms with Crippen molar-refractivity contribution in [2.75, 3.05) is 11.4 Å². The Morgan fingerprint density at radius 1 is 1.35 bits per heavy atom. The number of alkyl halides is 4. The van der Waals surface area contributed by atoms with Gasteiger partial charge in [-0.3, -0.25) is 4.79 Å². The summed E-state index contributed by atoms with van der Waals surface area (Å²) in [5.41, 5.74) is -0.437. The third-order valence-corrected chi connectivity index (χ3v) is 3.47. The second-order valence-corrected chi connectivity index (χ2v) is 4.90. The van der Waals surface area contributed by atoms with Crippen molar-refractivity contribution in [3.05, 3.63) is 29.8 Å². The summed E-state index contributed by atoms with van der Waals surface area (Å²) in [6.45, 7) is 0.441. The number of anilines is 1. The van der Waals surface area contributed by atoms with Crippen molar-refractivity contribution in [1.82, 2.24) is 0 Å². The Bertz CT molecular complexity index is 447. The molecule has 1 aromatic carbocycles. The molecular weight excluding hydrogens is 299 g/mol. The molecule has 2 rings (SSSR count). The van der Waals surface area contributed by atoms with Crippen molar-refractivity contribution in [3.8, 4) is 0 Å². The van der Waals surface area contributed by atoms with Gasteiger partial charge in [0.05, 0.1) is 10.4 Å². The highest BCUT2D eigenvalue weighted by atomic mass is 79.9. The average Bonchev–Trinajstić information content (AvgIpc) is 2.59. The van der Waals surface area contributed by atoms with Gasteiger partial charge < -0.3 is 4.90 Å². The van der Waals surface area contributed by atoms with Crippen molar-refractivity contribution in [2.45, 2.75) is 17.4 Å². The Labute approximate surface area is 105 Å². The van der Waals surface area contributed by atoms with Crippen LogP contribution < -0.4 is 4.90 Å². The minimum absolute atomic E-state index is 0.190. The van der Waals surface area contributed by atoms with E-state index in [9.17, 15) is 18.0 Å². The maximum atomic E-state index is 12.5. The maximum Gasteiger partial charge on any atom is 0.416 e. The number of benzene rings is 1. The van der Waals surface area contributed by atoms with Crippen molar-refractivity contribution < 1.29 is 18.0 Å². The summed E-state index contributed by atoms with van der Waals surface area (Å²) in [5, 5.41) is 0. The first kappa shape index (κ1) is 12.4. The van der Waals surface area contributed by atoms with Gasteiger partial charge >= 0.3 is 6.18 Å². The number of halogens is 4. The van der Waals surface area contributed by atoms with Crippen LogP contribution in [0.5, 0.6) is 0 Å². The molecule has 92 valence electrons. The van der Waals surface area contributed by atoms with Crippen LogP contribution in [0.4, 0.5) is 18.9 Å². The van der Waals surface area contributed by atoms with Crippen LogP contribution in [0.25, 0.3) is 0 Å². The molecule has 1 heterocycles. The standard InChI is InChI=1S/C11H9BrF3NO/c12-9-4-5-16(10(9)17)8-3-1-2-7(6-8)11(13,14)15/h1-3,6,9H,4-5H2/t9-/m1/s1. The van der Waals surface area contributed by atoms with Crippen LogP contribution in [-0.2, 0) is 11.0 Å². The van der Waals surface area contributed by atoms with Gasteiger partial charge in [-0.2, -0.15) is 13.2 Å². The van der Waals surface area contributed by atoms with Crippen molar-refractivity contribution in [3.63, 3.8) is 0 Å². The van der Waals surface area contributed by atoms with Crippen LogP contribution in [-0.4, -0.2) is 17.3 Å². The fourth-order valence-electron chi connectivity index (χ4n) is 1.75. The van der Waals surface area contributed by atoms with Crippen molar-refractivity contribution >= 4 is 27.5 Å². The fourth-order valence-corrected chi connectivity index (χ4v) is 2.20. The molecule has 1 aliphatic rings. The molecule has 0 unspecified atom stereocenters. The van der Waals surface area contributed by atoms with Gasteiger partial charge in [0.1, 0.15) is 0 Å². The zero-order valence-electron chi connectivity index (χ0n) is 8.67. The average molecular weight is 308 g/mol. The molecule has 0 bridgehead atoms. The van der Waals surface area contributed by atoms with Gasteiger partial charge in [0.25, 0.3) is 0 Å². The second kappa shape index (κ2) is 4.33. The lowest BCUT2D eigenvalue weighted by molar-refractivity contribution is -0.137. The first-order valence-corrected chi connectivity index (χ1v) is 5.94. The molecule has 0 N–H and O–H groups in total. The van der Waals surface area contributed by atoms with Crippen LogP contribution in [0.2, 0.25) is 0 Å². The largest absolute Gasteiger partial charge is 0.416 e. The van der Waals surface area contributed by atoms with Gasteiger partial charge in [0, 0.05) is 12.2 Å². The molecule has 1 atom stereocenters. The van der Waals surface area contributed by atoms with Gasteiger partial charge in [0.15, 0.2) is 0 Å². The van der Waals surface area contributed by atoms with E-state index in [1.165, 1.54) is 17.0 Å². The fraction of sp³-hybridized carbons (Fsp3) is 0.364. The minimum atomic E-state index is -4.38. The van der Waals surface area contributed by atoms with Crippen LogP contribution in [0.3, 0.4) is 0 Å². The Hall–Kier alpha value is -1.04. The summed E-state index contributed by atoms with van der Waals surface area (Å²) in [4.78, 5) is 12.7. The SMILES string of the molecule is O=C1[C@H](Br)CCN1c1cccc(C(F)(F)F)c1. The van der Waals surface area contributed by atoms with Crippen LogP contribution in [0.15, 0.2) is 24.3 Å². The Kier molecular flexibility index (Phi) is 3.16. The number of hydrogen-bond acceptors (Lipinski definition) is 1. The van der Waals surface area contributed by atoms with Gasteiger partial charge in [-0.05, 0) is 24.6 Å². The van der Waals surface area contributed by atoms with E-state index in [0.29, 0.717) is 18.7 Å². The molecule has 1 aromatic rings. The maximum absolute atomic E-state index is 12.5. The summed E-state index contributed by atoms with van der Waals surface area (Å²) >= 11 is 3.19. The Balaban J connectivity index is 2.31. The lowest BCUT2D eigenvalue weighted by Gasteiger charge is -2.17. The zero-order chi connectivity index (χ0) is 12.6. The molecule has 0 spiro atoms. The lowest BCUT2D eigenvalue weighted by Crippen LogP contribution is -2.27. The first-order valence-electron chi connectivity index (χ1n) is 5.02. The lowest BCUT2D eigenvalue weighted by atomic mass is 10.2. The van der Waals surface area contributed by atoms with Crippen LogP contribution in [0.1, 0.15) is 12.0 Å². The van der Waals surface area contributed by atoms with E-state index in [2.05, 4.69) is 15.9 Å². The molecule has 1 fully saturated rings. The molecular formula is C11H9BrF3NO. The summed E-state index contributed by atoms with van der Waals surface area (Å²) in [6, 6.07) is 4.82. The van der Waals surface area contributed by atoms with Crippen LogP contribution >= 0.6 is 15.9 Å². The molecule has 0 radical (unpaired) electrons. The number of carbonyl (C=O) groups excluding carboxylic acids is 1. The van der Waals surface area contributed by atoms with Gasteiger partial charge in [0.2, 0.25) is 5.91 Å². The van der Waals surface area contributed by atoms with E-state index in [0.717, 1.165) is 12.1 Å². The zero-order valence-corrected chi connectivity index (χ0v) is 10.3. The van der Waals surface area contributed by atoms with Crippen molar-refractivity contribution in [1.29, 1.82) is 0 Å². The predicted molar refractivity (Wildman–Crippen MR) is 61.1 cm³/mol. The monoisotopic (exact) mass is 307 g/mol. The summed E-state index contributed by atoms with van der Waals surface area (Å²) < 4.78 is 37.5. The summed E-state index contributed by atoms with van der Waals surface area (Å²) in [6.07, 6.45) is -3.78. The summed E-state index contributed by atoms with van der Waals surface area (Å²) in [5.74, 6) is -0.190. The molecule has 1 amide bonds. The quantitative estimate of drug-likeness (QED) is 0.730. The van der Waals surface area contributed by atoms with E-state index < -0.39 is 11.7 Å².